The Morgan fingerprint density at radius 2 is 1.89 bits per heavy atom. The summed E-state index contributed by atoms with van der Waals surface area (Å²) in [5, 5.41) is 8.80. The van der Waals surface area contributed by atoms with Crippen molar-refractivity contribution in [3.63, 3.8) is 0 Å². The SMILES string of the molecule is Cc1c(CCC(=O)O)c(C)n(CC(C)(C)C)c1C=O. The topological polar surface area (TPSA) is 59.3 Å². The molecule has 0 radical (unpaired) electrons. The van der Waals surface area contributed by atoms with E-state index in [0.29, 0.717) is 12.1 Å². The lowest BCUT2D eigenvalue weighted by Crippen LogP contribution is -2.18. The highest BCUT2D eigenvalue weighted by atomic mass is 16.4. The van der Waals surface area contributed by atoms with E-state index in [9.17, 15) is 9.59 Å². The fourth-order valence-electron chi connectivity index (χ4n) is 2.40. The molecular formula is C15H23NO3. The third kappa shape index (κ3) is 3.69. The zero-order valence-electron chi connectivity index (χ0n) is 12.4. The molecule has 1 heterocycles. The Hall–Kier alpha value is -1.58. The highest BCUT2D eigenvalue weighted by Gasteiger charge is 2.21. The number of aromatic nitrogens is 1. The summed E-state index contributed by atoms with van der Waals surface area (Å²) in [6.45, 7) is 11.0. The van der Waals surface area contributed by atoms with Gasteiger partial charge in [-0.1, -0.05) is 20.8 Å². The van der Waals surface area contributed by atoms with Crippen LogP contribution in [0.4, 0.5) is 0 Å². The minimum atomic E-state index is -0.810. The number of nitrogens with zero attached hydrogens (tertiary/aromatic N) is 1. The number of carbonyl (C=O) groups is 2. The van der Waals surface area contributed by atoms with Crippen molar-refractivity contribution in [3.05, 3.63) is 22.5 Å². The minimum absolute atomic E-state index is 0.0675. The zero-order valence-corrected chi connectivity index (χ0v) is 12.4. The minimum Gasteiger partial charge on any atom is -0.481 e. The molecule has 0 atom stereocenters. The first-order chi connectivity index (χ1) is 8.67. The quantitative estimate of drug-likeness (QED) is 0.833. The summed E-state index contributed by atoms with van der Waals surface area (Å²) in [6, 6.07) is 0. The lowest BCUT2D eigenvalue weighted by molar-refractivity contribution is -0.136. The molecule has 1 aromatic heterocycles. The van der Waals surface area contributed by atoms with Gasteiger partial charge in [0.15, 0.2) is 6.29 Å². The van der Waals surface area contributed by atoms with Crippen molar-refractivity contribution in [2.75, 3.05) is 0 Å². The van der Waals surface area contributed by atoms with Crippen LogP contribution in [0.5, 0.6) is 0 Å². The van der Waals surface area contributed by atoms with Crippen LogP contribution in [0.25, 0.3) is 0 Å². The molecule has 0 aliphatic heterocycles. The van der Waals surface area contributed by atoms with Crippen LogP contribution in [-0.2, 0) is 17.8 Å². The van der Waals surface area contributed by atoms with Crippen molar-refractivity contribution in [1.82, 2.24) is 4.57 Å². The summed E-state index contributed by atoms with van der Waals surface area (Å²) in [4.78, 5) is 22.0. The molecule has 0 bridgehead atoms. The monoisotopic (exact) mass is 265 g/mol. The van der Waals surface area contributed by atoms with Gasteiger partial charge in [0.2, 0.25) is 0 Å². The Bertz CT molecular complexity index is 492. The fourth-order valence-corrected chi connectivity index (χ4v) is 2.40. The van der Waals surface area contributed by atoms with Gasteiger partial charge in [-0.05, 0) is 36.8 Å². The molecule has 0 aliphatic carbocycles. The summed E-state index contributed by atoms with van der Waals surface area (Å²) in [5.74, 6) is -0.810. The Balaban J connectivity index is 3.20. The molecule has 0 unspecified atom stereocenters. The molecular weight excluding hydrogens is 242 g/mol. The molecule has 4 nitrogen and oxygen atoms in total. The normalized spacial score (nSPS) is 11.6. The van der Waals surface area contributed by atoms with Gasteiger partial charge in [0.1, 0.15) is 0 Å². The molecule has 0 fully saturated rings. The number of carboxylic acid groups (broad SMARTS) is 1. The smallest absolute Gasteiger partial charge is 0.303 e. The predicted octanol–water partition coefficient (Wildman–Crippen LogP) is 2.98. The summed E-state index contributed by atoms with van der Waals surface area (Å²) in [6.07, 6.45) is 1.45. The maximum atomic E-state index is 11.3. The van der Waals surface area contributed by atoms with Crippen LogP contribution >= 0.6 is 0 Å². The standard InChI is InChI=1S/C15H23NO3/c1-10-12(6-7-14(18)19)11(2)16(13(10)8-17)9-15(3,4)5/h8H,6-7,9H2,1-5H3,(H,18,19). The number of hydrogen-bond acceptors (Lipinski definition) is 2. The maximum Gasteiger partial charge on any atom is 0.303 e. The van der Waals surface area contributed by atoms with Crippen LogP contribution in [0.3, 0.4) is 0 Å². The van der Waals surface area contributed by atoms with Crippen molar-refractivity contribution in [2.24, 2.45) is 5.41 Å². The summed E-state index contributed by atoms with van der Waals surface area (Å²) >= 11 is 0. The average molecular weight is 265 g/mol. The number of hydrogen-bond donors (Lipinski definition) is 1. The third-order valence-electron chi connectivity index (χ3n) is 3.30. The van der Waals surface area contributed by atoms with Crippen LogP contribution in [0.15, 0.2) is 0 Å². The van der Waals surface area contributed by atoms with Gasteiger partial charge in [-0.3, -0.25) is 9.59 Å². The molecule has 0 aliphatic rings. The van der Waals surface area contributed by atoms with Gasteiger partial charge in [-0.25, -0.2) is 0 Å². The molecule has 4 heteroatoms. The van der Waals surface area contributed by atoms with Gasteiger partial charge in [-0.2, -0.15) is 0 Å². The van der Waals surface area contributed by atoms with Gasteiger partial charge in [0.25, 0.3) is 0 Å². The van der Waals surface area contributed by atoms with E-state index in [4.69, 9.17) is 5.11 Å². The van der Waals surface area contributed by atoms with Gasteiger partial charge in [0.05, 0.1) is 5.69 Å². The van der Waals surface area contributed by atoms with E-state index in [-0.39, 0.29) is 11.8 Å². The molecule has 1 N–H and O–H groups in total. The van der Waals surface area contributed by atoms with Gasteiger partial charge in [-0.15, -0.1) is 0 Å². The lowest BCUT2D eigenvalue weighted by atomic mass is 9.96. The first kappa shape index (κ1) is 15.5. The van der Waals surface area contributed by atoms with Gasteiger partial charge < -0.3 is 9.67 Å². The third-order valence-corrected chi connectivity index (χ3v) is 3.30. The fraction of sp³-hybridized carbons (Fsp3) is 0.600. The van der Waals surface area contributed by atoms with Crippen molar-refractivity contribution in [3.8, 4) is 0 Å². The highest BCUT2D eigenvalue weighted by Crippen LogP contribution is 2.26. The summed E-state index contributed by atoms with van der Waals surface area (Å²) < 4.78 is 2.01. The van der Waals surface area contributed by atoms with Crippen LogP contribution in [-0.4, -0.2) is 21.9 Å². The summed E-state index contributed by atoms with van der Waals surface area (Å²) in [5.41, 5.74) is 3.66. The summed E-state index contributed by atoms with van der Waals surface area (Å²) in [7, 11) is 0. The Labute approximate surface area is 114 Å². The Morgan fingerprint density at radius 3 is 2.32 bits per heavy atom. The average Bonchev–Trinajstić information content (AvgIpc) is 2.46. The first-order valence-electron chi connectivity index (χ1n) is 6.53. The van der Waals surface area contributed by atoms with Crippen LogP contribution in [0.2, 0.25) is 0 Å². The van der Waals surface area contributed by atoms with E-state index in [2.05, 4.69) is 20.8 Å². The number of rotatable bonds is 5. The van der Waals surface area contributed by atoms with E-state index >= 15 is 0 Å². The molecule has 0 aromatic carbocycles. The molecule has 0 saturated heterocycles. The Kier molecular flexibility index (Phi) is 4.56. The van der Waals surface area contributed by atoms with Crippen molar-refractivity contribution in [1.29, 1.82) is 0 Å². The number of aliphatic carboxylic acids is 1. The second kappa shape index (κ2) is 5.59. The molecule has 106 valence electrons. The number of aldehydes is 1. The van der Waals surface area contributed by atoms with Crippen molar-refractivity contribution in [2.45, 2.75) is 54.0 Å². The van der Waals surface area contributed by atoms with Gasteiger partial charge in [0, 0.05) is 18.7 Å². The van der Waals surface area contributed by atoms with Crippen LogP contribution in [0, 0.1) is 19.3 Å². The second-order valence-corrected chi connectivity index (χ2v) is 6.23. The van der Waals surface area contributed by atoms with Gasteiger partial charge >= 0.3 is 5.97 Å². The highest BCUT2D eigenvalue weighted by molar-refractivity contribution is 5.77. The van der Waals surface area contributed by atoms with E-state index in [1.165, 1.54) is 0 Å². The Morgan fingerprint density at radius 1 is 1.32 bits per heavy atom. The molecule has 19 heavy (non-hydrogen) atoms. The first-order valence-corrected chi connectivity index (χ1v) is 6.53. The number of carbonyl (C=O) groups excluding carboxylic acids is 1. The zero-order chi connectivity index (χ0) is 14.8. The van der Waals surface area contributed by atoms with E-state index in [0.717, 1.165) is 29.7 Å². The van der Waals surface area contributed by atoms with Crippen LogP contribution in [0.1, 0.15) is 54.5 Å². The maximum absolute atomic E-state index is 11.3. The molecule has 0 saturated carbocycles. The molecule has 0 amide bonds. The largest absolute Gasteiger partial charge is 0.481 e. The van der Waals surface area contributed by atoms with Crippen molar-refractivity contribution >= 4 is 12.3 Å². The second-order valence-electron chi connectivity index (χ2n) is 6.23. The van der Waals surface area contributed by atoms with E-state index < -0.39 is 5.97 Å². The van der Waals surface area contributed by atoms with Crippen LogP contribution < -0.4 is 0 Å². The van der Waals surface area contributed by atoms with E-state index in [1.54, 1.807) is 0 Å². The van der Waals surface area contributed by atoms with E-state index in [1.807, 2.05) is 18.4 Å². The number of carboxylic acids is 1. The molecule has 1 aromatic rings. The molecule has 0 spiro atoms. The predicted molar refractivity (Wildman–Crippen MR) is 74.7 cm³/mol. The lowest BCUT2D eigenvalue weighted by Gasteiger charge is -2.21. The van der Waals surface area contributed by atoms with Crippen molar-refractivity contribution < 1.29 is 14.7 Å². The molecule has 1 rings (SSSR count).